The largest absolute Gasteiger partial charge is 0.325 e. The maximum Gasteiger partial charge on any atom is 0.269 e. The number of piperidine rings is 1. The number of para-hydroxylation sites is 1. The van der Waals surface area contributed by atoms with Gasteiger partial charge in [0.15, 0.2) is 0 Å². The first-order valence-corrected chi connectivity index (χ1v) is 10.1. The van der Waals surface area contributed by atoms with Crippen LogP contribution in [0.4, 0.5) is 11.4 Å². The number of nitrogens with one attached hydrogen (secondary N) is 1. The number of fused-ring (bicyclic) bond motifs is 1. The average molecular weight is 396 g/mol. The number of likely N-dealkylation sites (tertiary alicyclic amines) is 1. The molecule has 1 fully saturated rings. The minimum Gasteiger partial charge on any atom is -0.325 e. The molecule has 7 nitrogen and oxygen atoms in total. The van der Waals surface area contributed by atoms with E-state index in [4.69, 9.17) is 4.98 Å². The number of rotatable bonds is 5. The first-order valence-electron chi connectivity index (χ1n) is 9.24. The molecule has 1 saturated heterocycles. The Labute approximate surface area is 166 Å². The Morgan fingerprint density at radius 3 is 2.75 bits per heavy atom. The fourth-order valence-corrected chi connectivity index (χ4v) is 4.68. The topological polar surface area (TPSA) is 88.4 Å². The van der Waals surface area contributed by atoms with Crippen LogP contribution in [-0.2, 0) is 4.79 Å². The molecule has 1 aromatic heterocycles. The molecule has 144 valence electrons. The Hall–Kier alpha value is -2.84. The number of amides is 1. The molecule has 8 heteroatoms. The van der Waals surface area contributed by atoms with Gasteiger partial charge >= 0.3 is 0 Å². The lowest BCUT2D eigenvalue weighted by molar-refractivity contribution is -0.384. The maximum absolute atomic E-state index is 12.5. The normalized spacial score (nSPS) is 17.5. The van der Waals surface area contributed by atoms with E-state index in [0.29, 0.717) is 5.69 Å². The van der Waals surface area contributed by atoms with Gasteiger partial charge in [-0.3, -0.25) is 19.8 Å². The fourth-order valence-electron chi connectivity index (χ4n) is 3.54. The zero-order valence-corrected chi connectivity index (χ0v) is 16.0. The molecule has 0 saturated carbocycles. The number of non-ortho nitro benzene ring substituents is 1. The molecule has 2 heterocycles. The van der Waals surface area contributed by atoms with E-state index in [0.717, 1.165) is 36.3 Å². The van der Waals surface area contributed by atoms with E-state index >= 15 is 0 Å². The van der Waals surface area contributed by atoms with E-state index in [2.05, 4.69) is 16.3 Å². The number of hydrogen-bond acceptors (Lipinski definition) is 6. The molecule has 0 bridgehead atoms. The Bertz CT molecular complexity index is 969. The van der Waals surface area contributed by atoms with Crippen LogP contribution in [0.3, 0.4) is 0 Å². The summed E-state index contributed by atoms with van der Waals surface area (Å²) in [4.78, 5) is 29.8. The van der Waals surface area contributed by atoms with Crippen LogP contribution in [0, 0.1) is 10.1 Å². The fraction of sp³-hybridized carbons (Fsp3) is 0.300. The zero-order valence-electron chi connectivity index (χ0n) is 15.2. The molecule has 1 N–H and O–H groups in total. The SMILES string of the molecule is O=C(CN1CCCC[C@@H]1c1nc2ccccc2s1)Nc1ccc([N+](=O)[O-])cc1. The highest BCUT2D eigenvalue weighted by molar-refractivity contribution is 7.18. The van der Waals surface area contributed by atoms with E-state index in [9.17, 15) is 14.9 Å². The van der Waals surface area contributed by atoms with Gasteiger partial charge in [0.25, 0.3) is 5.69 Å². The van der Waals surface area contributed by atoms with E-state index in [1.54, 1.807) is 23.5 Å². The molecule has 28 heavy (non-hydrogen) atoms. The van der Waals surface area contributed by atoms with Crippen molar-refractivity contribution in [3.8, 4) is 0 Å². The predicted octanol–water partition coefficient (Wildman–Crippen LogP) is 4.37. The molecular weight excluding hydrogens is 376 g/mol. The van der Waals surface area contributed by atoms with Gasteiger partial charge in [-0.15, -0.1) is 11.3 Å². The van der Waals surface area contributed by atoms with Crippen LogP contribution in [0.15, 0.2) is 48.5 Å². The third-order valence-corrected chi connectivity index (χ3v) is 6.06. The van der Waals surface area contributed by atoms with Gasteiger partial charge in [-0.2, -0.15) is 0 Å². The molecule has 0 aliphatic carbocycles. The molecule has 1 atom stereocenters. The van der Waals surface area contributed by atoms with Crippen molar-refractivity contribution in [1.29, 1.82) is 0 Å². The van der Waals surface area contributed by atoms with Crippen LogP contribution in [0.25, 0.3) is 10.2 Å². The van der Waals surface area contributed by atoms with Crippen LogP contribution < -0.4 is 5.32 Å². The lowest BCUT2D eigenvalue weighted by Gasteiger charge is -2.33. The highest BCUT2D eigenvalue weighted by Gasteiger charge is 2.28. The number of carbonyl (C=O) groups excluding carboxylic acids is 1. The number of nitro groups is 1. The minimum absolute atomic E-state index is 0.00456. The summed E-state index contributed by atoms with van der Waals surface area (Å²) in [6.45, 7) is 1.13. The number of nitrogens with zero attached hydrogens (tertiary/aromatic N) is 3. The van der Waals surface area contributed by atoms with Crippen molar-refractivity contribution >= 4 is 38.8 Å². The van der Waals surface area contributed by atoms with Crippen molar-refractivity contribution in [3.05, 3.63) is 63.7 Å². The van der Waals surface area contributed by atoms with Crippen LogP contribution in [0.5, 0.6) is 0 Å². The van der Waals surface area contributed by atoms with Crippen molar-refractivity contribution in [3.63, 3.8) is 0 Å². The van der Waals surface area contributed by atoms with E-state index in [1.807, 2.05) is 18.2 Å². The van der Waals surface area contributed by atoms with Crippen molar-refractivity contribution in [2.24, 2.45) is 0 Å². The molecule has 0 unspecified atom stereocenters. The van der Waals surface area contributed by atoms with E-state index in [-0.39, 0.29) is 24.2 Å². The highest BCUT2D eigenvalue weighted by atomic mass is 32.1. The second-order valence-electron chi connectivity index (χ2n) is 6.85. The Morgan fingerprint density at radius 2 is 2.00 bits per heavy atom. The molecule has 1 aliphatic rings. The summed E-state index contributed by atoms with van der Waals surface area (Å²) >= 11 is 1.69. The molecule has 4 rings (SSSR count). The quantitative estimate of drug-likeness (QED) is 0.511. The Balaban J connectivity index is 1.45. The van der Waals surface area contributed by atoms with E-state index in [1.165, 1.54) is 16.8 Å². The van der Waals surface area contributed by atoms with Crippen LogP contribution >= 0.6 is 11.3 Å². The number of carbonyl (C=O) groups is 1. The van der Waals surface area contributed by atoms with Gasteiger partial charge in [0.2, 0.25) is 5.91 Å². The van der Waals surface area contributed by atoms with Crippen molar-refractivity contribution in [1.82, 2.24) is 9.88 Å². The second-order valence-corrected chi connectivity index (χ2v) is 7.92. The lowest BCUT2D eigenvalue weighted by atomic mass is 10.0. The van der Waals surface area contributed by atoms with Gasteiger partial charge < -0.3 is 5.32 Å². The smallest absolute Gasteiger partial charge is 0.269 e. The van der Waals surface area contributed by atoms with Crippen LogP contribution in [0.1, 0.15) is 30.3 Å². The molecule has 0 spiro atoms. The third kappa shape index (κ3) is 4.02. The van der Waals surface area contributed by atoms with Crippen molar-refractivity contribution in [2.45, 2.75) is 25.3 Å². The van der Waals surface area contributed by atoms with Gasteiger partial charge in [0.05, 0.1) is 27.7 Å². The minimum atomic E-state index is -0.456. The number of thiazole rings is 1. The number of hydrogen-bond donors (Lipinski definition) is 1. The molecule has 2 aromatic carbocycles. The van der Waals surface area contributed by atoms with Gasteiger partial charge in [-0.1, -0.05) is 18.6 Å². The standard InChI is InChI=1S/C20H20N4O3S/c25-19(21-14-8-10-15(11-9-14)24(26)27)13-23-12-4-3-6-17(23)20-22-16-5-1-2-7-18(16)28-20/h1-2,5,7-11,17H,3-4,6,12-13H2,(H,21,25)/t17-/m1/s1. The summed E-state index contributed by atoms with van der Waals surface area (Å²) in [5, 5.41) is 14.6. The summed E-state index contributed by atoms with van der Waals surface area (Å²) < 4.78 is 1.17. The zero-order chi connectivity index (χ0) is 19.5. The van der Waals surface area contributed by atoms with Gasteiger partial charge in [0.1, 0.15) is 5.01 Å². The second kappa shape index (κ2) is 8.04. The summed E-state index contributed by atoms with van der Waals surface area (Å²) in [5.41, 5.74) is 1.57. The highest BCUT2D eigenvalue weighted by Crippen LogP contribution is 2.35. The number of anilines is 1. The van der Waals surface area contributed by atoms with Crippen molar-refractivity contribution in [2.75, 3.05) is 18.4 Å². The summed E-state index contributed by atoms with van der Waals surface area (Å²) in [7, 11) is 0. The Kier molecular flexibility index (Phi) is 5.31. The van der Waals surface area contributed by atoms with E-state index < -0.39 is 4.92 Å². The van der Waals surface area contributed by atoms with Gasteiger partial charge in [-0.25, -0.2) is 4.98 Å². The monoisotopic (exact) mass is 396 g/mol. The summed E-state index contributed by atoms with van der Waals surface area (Å²) in [6, 6.07) is 14.1. The molecule has 1 amide bonds. The molecule has 1 aliphatic heterocycles. The number of nitro benzene ring substituents is 1. The van der Waals surface area contributed by atoms with Crippen LogP contribution in [0.2, 0.25) is 0 Å². The third-order valence-electron chi connectivity index (χ3n) is 4.92. The first kappa shape index (κ1) is 18.5. The molecule has 3 aromatic rings. The van der Waals surface area contributed by atoms with Gasteiger partial charge in [-0.05, 0) is 43.7 Å². The summed E-state index contributed by atoms with van der Waals surface area (Å²) in [5.74, 6) is -0.123. The number of aromatic nitrogens is 1. The first-order chi connectivity index (χ1) is 13.6. The van der Waals surface area contributed by atoms with Gasteiger partial charge in [0, 0.05) is 17.8 Å². The average Bonchev–Trinajstić information content (AvgIpc) is 3.12. The van der Waals surface area contributed by atoms with Crippen molar-refractivity contribution < 1.29 is 9.72 Å². The predicted molar refractivity (Wildman–Crippen MR) is 110 cm³/mol. The number of benzene rings is 2. The maximum atomic E-state index is 12.5. The molecular formula is C20H20N4O3S. The Morgan fingerprint density at radius 1 is 1.21 bits per heavy atom. The summed E-state index contributed by atoms with van der Waals surface area (Å²) in [6.07, 6.45) is 3.18. The van der Waals surface area contributed by atoms with Crippen LogP contribution in [-0.4, -0.2) is 33.8 Å². The lowest BCUT2D eigenvalue weighted by Crippen LogP contribution is -2.39. The molecule has 0 radical (unpaired) electrons.